The lowest BCUT2D eigenvalue weighted by Gasteiger charge is -1.97. The Bertz CT molecular complexity index is 274. The molecule has 0 unspecified atom stereocenters. The largest absolute Gasteiger partial charge is 0.515 e. The van der Waals surface area contributed by atoms with Gasteiger partial charge >= 0.3 is 11.9 Å². The molecule has 0 radical (unpaired) electrons. The van der Waals surface area contributed by atoms with Crippen molar-refractivity contribution in [1.29, 1.82) is 0 Å². The molecule has 0 saturated carbocycles. The summed E-state index contributed by atoms with van der Waals surface area (Å²) in [6, 6.07) is 0. The second-order valence-electron chi connectivity index (χ2n) is 2.32. The quantitative estimate of drug-likeness (QED) is 0.390. The highest BCUT2D eigenvalue weighted by Gasteiger charge is 2.05. The molecule has 0 rings (SSSR count). The molecule has 0 spiro atoms. The Hall–Kier alpha value is -1.78. The smallest absolute Gasteiger partial charge is 0.341 e. The number of ether oxygens (including phenoxy) is 1. The van der Waals surface area contributed by atoms with E-state index in [1.54, 1.807) is 0 Å². The van der Waals surface area contributed by atoms with Crippen LogP contribution in [-0.2, 0) is 14.3 Å². The van der Waals surface area contributed by atoms with Crippen LogP contribution in [0.25, 0.3) is 0 Å². The van der Waals surface area contributed by atoms with Crippen LogP contribution in [0.1, 0.15) is 13.8 Å². The fourth-order valence-corrected chi connectivity index (χ4v) is 0.338. The molecule has 5 nitrogen and oxygen atoms in total. The van der Waals surface area contributed by atoms with Crippen LogP contribution in [-0.4, -0.2) is 22.2 Å². The van der Waals surface area contributed by atoms with E-state index < -0.39 is 11.9 Å². The highest BCUT2D eigenvalue weighted by Crippen LogP contribution is 1.98. The summed E-state index contributed by atoms with van der Waals surface area (Å²) >= 11 is 0. The summed E-state index contributed by atoms with van der Waals surface area (Å²) in [5.74, 6) is -1.96. The maximum absolute atomic E-state index is 10.8. The number of carboxylic acids is 1. The van der Waals surface area contributed by atoms with Crippen LogP contribution >= 0.6 is 0 Å². The molecule has 0 aromatic rings. The average molecular weight is 186 g/mol. The first-order valence-corrected chi connectivity index (χ1v) is 3.41. The third kappa shape index (κ3) is 3.95. The number of hydrogen-bond acceptors (Lipinski definition) is 4. The van der Waals surface area contributed by atoms with Crippen molar-refractivity contribution in [1.82, 2.24) is 0 Å². The van der Waals surface area contributed by atoms with E-state index in [9.17, 15) is 9.59 Å². The molecule has 0 amide bonds. The van der Waals surface area contributed by atoms with Crippen molar-refractivity contribution < 1.29 is 24.5 Å². The molecular formula is C8H10O5. The SMILES string of the molecule is CC(=COC(=O)C(C)=CO)C(=O)O. The fourth-order valence-electron chi connectivity index (χ4n) is 0.338. The summed E-state index contributed by atoms with van der Waals surface area (Å²) < 4.78 is 4.41. The summed E-state index contributed by atoms with van der Waals surface area (Å²) in [6.45, 7) is 2.62. The molecule has 0 bridgehead atoms. The molecular weight excluding hydrogens is 176 g/mol. The minimum Gasteiger partial charge on any atom is -0.515 e. The molecule has 0 atom stereocenters. The molecule has 0 aliphatic rings. The van der Waals surface area contributed by atoms with E-state index in [2.05, 4.69) is 4.74 Å². The molecule has 13 heavy (non-hydrogen) atoms. The number of aliphatic carboxylic acids is 1. The summed E-state index contributed by atoms with van der Waals surface area (Å²) in [5.41, 5.74) is -0.103. The molecule has 0 aliphatic heterocycles. The minimum absolute atomic E-state index is 0.00515. The van der Waals surface area contributed by atoms with Crippen LogP contribution in [0.2, 0.25) is 0 Å². The predicted octanol–water partition coefficient (Wildman–Crippen LogP) is 0.980. The molecule has 2 N–H and O–H groups in total. The fraction of sp³-hybridized carbons (Fsp3) is 0.250. The normalized spacial score (nSPS) is 12.5. The number of rotatable bonds is 3. The van der Waals surface area contributed by atoms with Crippen LogP contribution < -0.4 is 0 Å². The van der Waals surface area contributed by atoms with Gasteiger partial charge in [0.05, 0.1) is 17.4 Å². The molecule has 0 fully saturated rings. The van der Waals surface area contributed by atoms with E-state index >= 15 is 0 Å². The topological polar surface area (TPSA) is 83.8 Å². The van der Waals surface area contributed by atoms with Gasteiger partial charge in [-0.2, -0.15) is 0 Å². The molecule has 0 heterocycles. The van der Waals surface area contributed by atoms with Gasteiger partial charge in [-0.1, -0.05) is 0 Å². The number of aliphatic hydroxyl groups excluding tert-OH is 1. The van der Waals surface area contributed by atoms with Crippen molar-refractivity contribution in [3.05, 3.63) is 23.7 Å². The summed E-state index contributed by atoms with van der Waals surface area (Å²) in [4.78, 5) is 21.0. The maximum atomic E-state index is 10.8. The zero-order valence-corrected chi connectivity index (χ0v) is 7.27. The van der Waals surface area contributed by atoms with Crippen LogP contribution in [0.3, 0.4) is 0 Å². The highest BCUT2D eigenvalue weighted by molar-refractivity contribution is 5.89. The number of esters is 1. The van der Waals surface area contributed by atoms with Gasteiger partial charge in [0.2, 0.25) is 0 Å². The Kier molecular flexibility index (Phi) is 4.29. The van der Waals surface area contributed by atoms with Crippen molar-refractivity contribution in [2.75, 3.05) is 0 Å². The number of carboxylic acid groups (broad SMARTS) is 1. The minimum atomic E-state index is -1.17. The van der Waals surface area contributed by atoms with E-state index in [1.165, 1.54) is 13.8 Å². The van der Waals surface area contributed by atoms with E-state index in [4.69, 9.17) is 10.2 Å². The maximum Gasteiger partial charge on any atom is 0.341 e. The third-order valence-electron chi connectivity index (χ3n) is 1.20. The van der Waals surface area contributed by atoms with E-state index in [0.29, 0.717) is 6.26 Å². The Morgan fingerprint density at radius 1 is 1.23 bits per heavy atom. The molecule has 5 heteroatoms. The molecule has 0 aromatic carbocycles. The van der Waals surface area contributed by atoms with Crippen molar-refractivity contribution in [3.63, 3.8) is 0 Å². The molecule has 0 aromatic heterocycles. The number of hydrogen-bond donors (Lipinski definition) is 2. The van der Waals surface area contributed by atoms with Crippen LogP contribution in [0.15, 0.2) is 23.7 Å². The second-order valence-corrected chi connectivity index (χ2v) is 2.32. The standard InChI is InChI=1S/C8H10O5/c1-5(3-9)8(12)13-4-6(2)7(10)11/h3-4,9H,1-2H3,(H,10,11). The molecule has 0 saturated heterocycles. The number of carbonyl (C=O) groups is 2. The lowest BCUT2D eigenvalue weighted by Crippen LogP contribution is -2.04. The Morgan fingerprint density at radius 2 is 1.77 bits per heavy atom. The van der Waals surface area contributed by atoms with Crippen molar-refractivity contribution in [2.45, 2.75) is 13.8 Å². The Balaban J connectivity index is 4.26. The summed E-state index contributed by atoms with van der Waals surface area (Å²) in [5, 5.41) is 16.7. The first-order valence-electron chi connectivity index (χ1n) is 3.41. The summed E-state index contributed by atoms with van der Waals surface area (Å²) in [7, 11) is 0. The van der Waals surface area contributed by atoms with Crippen molar-refractivity contribution in [3.8, 4) is 0 Å². The van der Waals surface area contributed by atoms with Gasteiger partial charge in [0.25, 0.3) is 0 Å². The lowest BCUT2D eigenvalue weighted by atomic mass is 10.3. The zero-order valence-electron chi connectivity index (χ0n) is 7.27. The van der Waals surface area contributed by atoms with Crippen molar-refractivity contribution >= 4 is 11.9 Å². The molecule has 0 aliphatic carbocycles. The van der Waals surface area contributed by atoms with Gasteiger partial charge < -0.3 is 14.9 Å². The van der Waals surface area contributed by atoms with Gasteiger partial charge in [-0.05, 0) is 13.8 Å². The monoisotopic (exact) mass is 186 g/mol. The first-order chi connectivity index (χ1) is 5.99. The number of aliphatic hydroxyl groups is 1. The van der Waals surface area contributed by atoms with Crippen LogP contribution in [0, 0.1) is 0 Å². The van der Waals surface area contributed by atoms with Crippen molar-refractivity contribution in [2.24, 2.45) is 0 Å². The van der Waals surface area contributed by atoms with Crippen LogP contribution in [0.4, 0.5) is 0 Å². The van der Waals surface area contributed by atoms with Gasteiger partial charge in [-0.3, -0.25) is 0 Å². The van der Waals surface area contributed by atoms with E-state index in [0.717, 1.165) is 6.26 Å². The molecule has 72 valence electrons. The zero-order chi connectivity index (χ0) is 10.4. The van der Waals surface area contributed by atoms with Gasteiger partial charge in [0, 0.05) is 0 Å². The Morgan fingerprint density at radius 3 is 2.15 bits per heavy atom. The first kappa shape index (κ1) is 11.2. The Labute approximate surface area is 74.9 Å². The average Bonchev–Trinajstić information content (AvgIpc) is 2.11. The second kappa shape index (κ2) is 4.97. The summed E-state index contributed by atoms with van der Waals surface area (Å²) in [6.07, 6.45) is 1.41. The third-order valence-corrected chi connectivity index (χ3v) is 1.20. The van der Waals surface area contributed by atoms with Gasteiger partial charge in [0.1, 0.15) is 6.26 Å². The highest BCUT2D eigenvalue weighted by atomic mass is 16.5. The van der Waals surface area contributed by atoms with Crippen LogP contribution in [0.5, 0.6) is 0 Å². The van der Waals surface area contributed by atoms with E-state index in [1.807, 2.05) is 0 Å². The lowest BCUT2D eigenvalue weighted by molar-refractivity contribution is -0.134. The van der Waals surface area contributed by atoms with E-state index in [-0.39, 0.29) is 11.1 Å². The van der Waals surface area contributed by atoms with Gasteiger partial charge in [-0.15, -0.1) is 0 Å². The predicted molar refractivity (Wildman–Crippen MR) is 43.9 cm³/mol. The van der Waals surface area contributed by atoms with Gasteiger partial charge in [-0.25, -0.2) is 9.59 Å². The van der Waals surface area contributed by atoms with Gasteiger partial charge in [0.15, 0.2) is 0 Å². The number of carbonyl (C=O) groups excluding carboxylic acids is 1.